The van der Waals surface area contributed by atoms with Gasteiger partial charge in [-0.15, -0.1) is 12.4 Å². The number of pyridine rings is 1. The Balaban J connectivity index is 0.00000306. The van der Waals surface area contributed by atoms with Gasteiger partial charge in [0.1, 0.15) is 30.5 Å². The summed E-state index contributed by atoms with van der Waals surface area (Å²) in [5, 5.41) is 20.6. The summed E-state index contributed by atoms with van der Waals surface area (Å²) in [6.45, 7) is 7.46. The Kier molecular flexibility index (Phi) is 9.14. The molecule has 1 saturated heterocycles. The Hall–Kier alpha value is -2.58. The van der Waals surface area contributed by atoms with Crippen molar-refractivity contribution >= 4 is 29.0 Å². The van der Waals surface area contributed by atoms with Gasteiger partial charge in [0.2, 0.25) is 0 Å². The van der Waals surface area contributed by atoms with Gasteiger partial charge in [-0.2, -0.15) is 0 Å². The molecule has 0 spiro atoms. The molecule has 0 saturated carbocycles. The molecule has 3 aromatic rings. The van der Waals surface area contributed by atoms with Crippen molar-refractivity contribution in [3.63, 3.8) is 0 Å². The molecule has 1 fully saturated rings. The molecule has 8 heteroatoms. The van der Waals surface area contributed by atoms with E-state index >= 15 is 0 Å². The van der Waals surface area contributed by atoms with E-state index in [1.807, 2.05) is 18.2 Å². The summed E-state index contributed by atoms with van der Waals surface area (Å²) in [4.78, 5) is 9.91. The van der Waals surface area contributed by atoms with Crippen LogP contribution >= 0.6 is 12.4 Å². The number of hydrogen-bond acceptors (Lipinski definition) is 7. The standard InChI is InChI=1S/C25H31N3O4.ClH/c1-2-27-7-9-28(10-8-27)25-23-6-4-3-5-19(23)17-24(26-25)20-15-21(31-13-11-29)18-22(16-20)32-14-12-30;/h3-6,15-18,29-30H,2,7-14H2,1H3;1H. The van der Waals surface area contributed by atoms with Crippen LogP contribution in [0.1, 0.15) is 6.92 Å². The van der Waals surface area contributed by atoms with Crippen LogP contribution in [0, 0.1) is 0 Å². The topological polar surface area (TPSA) is 78.3 Å². The summed E-state index contributed by atoms with van der Waals surface area (Å²) < 4.78 is 11.3. The number of rotatable bonds is 9. The van der Waals surface area contributed by atoms with Crippen molar-refractivity contribution in [2.75, 3.05) is 64.1 Å². The highest BCUT2D eigenvalue weighted by molar-refractivity contribution is 5.95. The number of benzene rings is 2. The second-order valence-corrected chi connectivity index (χ2v) is 7.81. The van der Waals surface area contributed by atoms with Crippen LogP contribution in [-0.4, -0.2) is 79.2 Å². The molecule has 2 aromatic carbocycles. The van der Waals surface area contributed by atoms with Gasteiger partial charge in [-0.05, 0) is 30.1 Å². The summed E-state index contributed by atoms with van der Waals surface area (Å²) in [6, 6.07) is 16.0. The van der Waals surface area contributed by atoms with Crippen LogP contribution in [0.4, 0.5) is 5.82 Å². The molecule has 0 aliphatic carbocycles. The lowest BCUT2D eigenvalue weighted by molar-refractivity contribution is 0.195. The van der Waals surface area contributed by atoms with Crippen LogP contribution in [0.2, 0.25) is 0 Å². The van der Waals surface area contributed by atoms with E-state index in [9.17, 15) is 0 Å². The summed E-state index contributed by atoms with van der Waals surface area (Å²) in [6.07, 6.45) is 0. The van der Waals surface area contributed by atoms with Crippen molar-refractivity contribution in [3.05, 3.63) is 48.5 Å². The van der Waals surface area contributed by atoms with Crippen LogP contribution in [-0.2, 0) is 0 Å². The lowest BCUT2D eigenvalue weighted by Crippen LogP contribution is -2.46. The lowest BCUT2D eigenvalue weighted by atomic mass is 10.1. The number of fused-ring (bicyclic) bond motifs is 1. The number of anilines is 1. The molecule has 2 heterocycles. The fraction of sp³-hybridized carbons (Fsp3) is 0.400. The Bertz CT molecular complexity index is 1020. The monoisotopic (exact) mass is 473 g/mol. The smallest absolute Gasteiger partial charge is 0.137 e. The van der Waals surface area contributed by atoms with Gasteiger partial charge in [0.05, 0.1) is 18.9 Å². The number of ether oxygens (including phenoxy) is 2. The highest BCUT2D eigenvalue weighted by Crippen LogP contribution is 2.34. The third-order valence-corrected chi connectivity index (χ3v) is 5.74. The number of nitrogens with zero attached hydrogens (tertiary/aromatic N) is 3. The van der Waals surface area contributed by atoms with Crippen LogP contribution in [0.15, 0.2) is 48.5 Å². The van der Waals surface area contributed by atoms with Crippen molar-refractivity contribution in [1.29, 1.82) is 0 Å². The molecule has 7 nitrogen and oxygen atoms in total. The zero-order valence-electron chi connectivity index (χ0n) is 18.9. The second-order valence-electron chi connectivity index (χ2n) is 7.81. The predicted molar refractivity (Wildman–Crippen MR) is 134 cm³/mol. The van der Waals surface area contributed by atoms with Gasteiger partial charge >= 0.3 is 0 Å². The number of piperazine rings is 1. The first-order valence-corrected chi connectivity index (χ1v) is 11.2. The molecular formula is C25H32ClN3O4. The van der Waals surface area contributed by atoms with Crippen LogP contribution < -0.4 is 14.4 Å². The van der Waals surface area contributed by atoms with Gasteiger partial charge in [-0.3, -0.25) is 0 Å². The van der Waals surface area contributed by atoms with Gasteiger partial charge in [0, 0.05) is 43.2 Å². The van der Waals surface area contributed by atoms with E-state index in [4.69, 9.17) is 24.7 Å². The minimum atomic E-state index is -0.0703. The summed E-state index contributed by atoms with van der Waals surface area (Å²) in [5.41, 5.74) is 1.70. The maximum atomic E-state index is 9.15. The minimum absolute atomic E-state index is 0. The molecule has 4 rings (SSSR count). The van der Waals surface area contributed by atoms with Crippen molar-refractivity contribution in [2.24, 2.45) is 0 Å². The number of halogens is 1. The van der Waals surface area contributed by atoms with E-state index in [0.717, 1.165) is 60.6 Å². The quantitative estimate of drug-likeness (QED) is 0.494. The zero-order valence-corrected chi connectivity index (χ0v) is 19.8. The zero-order chi connectivity index (χ0) is 22.3. The van der Waals surface area contributed by atoms with E-state index in [1.165, 1.54) is 0 Å². The third-order valence-electron chi connectivity index (χ3n) is 5.74. The largest absolute Gasteiger partial charge is 0.491 e. The number of aromatic nitrogens is 1. The molecule has 2 N–H and O–H groups in total. The maximum absolute atomic E-state index is 9.15. The van der Waals surface area contributed by atoms with Crippen molar-refractivity contribution in [1.82, 2.24) is 9.88 Å². The highest BCUT2D eigenvalue weighted by atomic mass is 35.5. The normalized spacial score (nSPS) is 14.2. The maximum Gasteiger partial charge on any atom is 0.137 e. The Morgan fingerprint density at radius 1 is 0.879 bits per heavy atom. The van der Waals surface area contributed by atoms with Crippen LogP contribution in [0.5, 0.6) is 11.5 Å². The molecule has 0 atom stereocenters. The van der Waals surface area contributed by atoms with Crippen LogP contribution in [0.3, 0.4) is 0 Å². The lowest BCUT2D eigenvalue weighted by Gasteiger charge is -2.35. The van der Waals surface area contributed by atoms with Crippen LogP contribution in [0.25, 0.3) is 22.0 Å². The number of aliphatic hydroxyl groups is 2. The van der Waals surface area contributed by atoms with Gasteiger partial charge in [0.15, 0.2) is 0 Å². The molecule has 1 aliphatic rings. The molecule has 1 aromatic heterocycles. The first-order valence-electron chi connectivity index (χ1n) is 11.2. The van der Waals surface area contributed by atoms with E-state index < -0.39 is 0 Å². The molecule has 0 bridgehead atoms. The van der Waals surface area contributed by atoms with Gasteiger partial charge < -0.3 is 29.5 Å². The molecule has 0 radical (unpaired) electrons. The number of hydrogen-bond donors (Lipinski definition) is 2. The van der Waals surface area contributed by atoms with E-state index in [2.05, 4.69) is 41.0 Å². The number of likely N-dealkylation sites (N-methyl/N-ethyl adjacent to an activating group) is 1. The van der Waals surface area contributed by atoms with Gasteiger partial charge in [0.25, 0.3) is 0 Å². The van der Waals surface area contributed by atoms with E-state index in [0.29, 0.717) is 11.5 Å². The molecule has 33 heavy (non-hydrogen) atoms. The average Bonchev–Trinajstić information content (AvgIpc) is 2.85. The minimum Gasteiger partial charge on any atom is -0.491 e. The van der Waals surface area contributed by atoms with E-state index in [1.54, 1.807) is 6.07 Å². The summed E-state index contributed by atoms with van der Waals surface area (Å²) in [5.74, 6) is 2.18. The van der Waals surface area contributed by atoms with Gasteiger partial charge in [-0.25, -0.2) is 4.98 Å². The molecule has 1 aliphatic heterocycles. The molecular weight excluding hydrogens is 442 g/mol. The molecule has 0 unspecified atom stereocenters. The predicted octanol–water partition coefficient (Wildman–Crippen LogP) is 3.21. The number of aliphatic hydroxyl groups excluding tert-OH is 2. The Morgan fingerprint density at radius 2 is 1.52 bits per heavy atom. The Morgan fingerprint density at radius 3 is 2.12 bits per heavy atom. The Labute approximate surface area is 201 Å². The summed E-state index contributed by atoms with van der Waals surface area (Å²) in [7, 11) is 0. The molecule has 178 valence electrons. The van der Waals surface area contributed by atoms with Crippen molar-refractivity contribution < 1.29 is 19.7 Å². The molecule has 0 amide bonds. The first-order chi connectivity index (χ1) is 15.7. The third kappa shape index (κ3) is 6.06. The second kappa shape index (κ2) is 12.0. The highest BCUT2D eigenvalue weighted by Gasteiger charge is 2.20. The van der Waals surface area contributed by atoms with Gasteiger partial charge in [-0.1, -0.05) is 31.2 Å². The first kappa shape index (κ1) is 25.1. The fourth-order valence-electron chi connectivity index (χ4n) is 4.06. The van der Waals surface area contributed by atoms with E-state index in [-0.39, 0.29) is 38.8 Å². The van der Waals surface area contributed by atoms with Crippen molar-refractivity contribution in [3.8, 4) is 22.8 Å². The average molecular weight is 474 g/mol. The van der Waals surface area contributed by atoms with Crippen molar-refractivity contribution in [2.45, 2.75) is 6.92 Å². The SMILES string of the molecule is CCN1CCN(c2nc(-c3cc(OCCO)cc(OCCO)c3)cc3ccccc23)CC1.Cl. The fourth-order valence-corrected chi connectivity index (χ4v) is 4.06. The summed E-state index contributed by atoms with van der Waals surface area (Å²) >= 11 is 0.